The van der Waals surface area contributed by atoms with Gasteiger partial charge in [-0.1, -0.05) is 0 Å². The molecule has 0 saturated heterocycles. The highest BCUT2D eigenvalue weighted by atomic mass is 15.4. The van der Waals surface area contributed by atoms with Crippen LogP contribution in [-0.2, 0) is 21.1 Å². The van der Waals surface area contributed by atoms with Gasteiger partial charge < -0.3 is 9.97 Å². The van der Waals surface area contributed by atoms with Gasteiger partial charge in [-0.3, -0.25) is 19.1 Å². The van der Waals surface area contributed by atoms with Crippen LogP contribution in [-0.4, -0.2) is 74.1 Å². The molecular weight excluding hydrogens is 600 g/mol. The number of aromatic nitrogens is 10. The molecule has 0 aromatic carbocycles. The third-order valence-corrected chi connectivity index (χ3v) is 9.05. The van der Waals surface area contributed by atoms with Crippen LogP contribution in [0.15, 0.2) is 66.5 Å². The average molecular weight is 633 g/mol. The van der Waals surface area contributed by atoms with Gasteiger partial charge in [0.25, 0.3) is 0 Å². The molecule has 0 aliphatic carbocycles. The smallest absolute Gasteiger partial charge is 0.0738 e. The number of aryl methyl sites for hydroxylation is 3. The Morgan fingerprint density at radius 3 is 1.40 bits per heavy atom. The molecule has 9 heterocycles. The largest absolute Gasteiger partial charge is 0.355 e. The van der Waals surface area contributed by atoms with Crippen LogP contribution in [0.2, 0.25) is 0 Å². The minimum atomic E-state index is 0.0456. The highest BCUT2D eigenvalue weighted by Crippen LogP contribution is 2.37. The summed E-state index contributed by atoms with van der Waals surface area (Å²) in [6.07, 6.45) is 22.1. The first-order chi connectivity index (χ1) is 23.4. The van der Waals surface area contributed by atoms with Gasteiger partial charge in [0.05, 0.1) is 41.4 Å². The number of nitrogens with one attached hydrogen (secondary N) is 2. The normalized spacial score (nSPS) is 15.3. The van der Waals surface area contributed by atoms with Gasteiger partial charge in [-0.25, -0.2) is 9.97 Å². The second kappa shape index (κ2) is 10.6. The predicted octanol–water partition coefficient (Wildman–Crippen LogP) is 5.87. The molecule has 1 atom stereocenters. The van der Waals surface area contributed by atoms with Crippen LogP contribution in [0.3, 0.4) is 0 Å². The van der Waals surface area contributed by atoms with Gasteiger partial charge in [0.2, 0.25) is 0 Å². The van der Waals surface area contributed by atoms with Crippen molar-refractivity contribution in [1.29, 1.82) is 0 Å². The first-order valence-corrected chi connectivity index (χ1v) is 15.8. The molecule has 9 rings (SSSR count). The zero-order valence-electron chi connectivity index (χ0n) is 26.9. The number of nitrogens with zero attached hydrogens (tertiary/aromatic N) is 10. The van der Waals surface area contributed by atoms with E-state index in [2.05, 4.69) is 78.9 Å². The fraction of sp³-hybridized carbons (Fsp3) is 0.167. The number of rotatable bonds is 4. The first kappa shape index (κ1) is 28.0. The molecule has 3 aliphatic heterocycles. The highest BCUT2D eigenvalue weighted by Gasteiger charge is 2.24. The Morgan fingerprint density at radius 1 is 0.562 bits per heavy atom. The van der Waals surface area contributed by atoms with Gasteiger partial charge in [-0.2, -0.15) is 20.4 Å². The van der Waals surface area contributed by atoms with E-state index in [9.17, 15) is 0 Å². The molecule has 0 fully saturated rings. The van der Waals surface area contributed by atoms with Crippen molar-refractivity contribution in [1.82, 2.24) is 54.3 Å². The number of H-pyrrole nitrogens is 2. The standard InChI is InChI=1S/C36H32N12/c1-45-17-21(13-37-45)33-25-5-7-27(41-25)34(22-14-38-46(2)18-22)29-9-11-31(43-29)36(24-16-40-48(4)20-24)32-12-10-30(44-32)35(23-15-39-47(3)19-23)28-8-6-26(33)42-28/h5-19,24,41,44H,20H2,1-4H3. The maximum absolute atomic E-state index is 5.31. The summed E-state index contributed by atoms with van der Waals surface area (Å²) in [7, 11) is 7.78. The van der Waals surface area contributed by atoms with Crippen LogP contribution < -0.4 is 0 Å². The Balaban J connectivity index is 1.46. The summed E-state index contributed by atoms with van der Waals surface area (Å²) in [6.45, 7) is 0.755. The van der Waals surface area contributed by atoms with Gasteiger partial charge in [-0.05, 0) is 48.6 Å². The average Bonchev–Trinajstić information content (AvgIpc) is 3.89. The summed E-state index contributed by atoms with van der Waals surface area (Å²) >= 11 is 0. The molecule has 1 unspecified atom stereocenters. The van der Waals surface area contributed by atoms with Crippen LogP contribution in [0.5, 0.6) is 0 Å². The second-order valence-electron chi connectivity index (χ2n) is 12.5. The molecule has 0 spiro atoms. The number of hydrazone groups is 1. The van der Waals surface area contributed by atoms with Crippen LogP contribution >= 0.6 is 0 Å². The third-order valence-electron chi connectivity index (χ3n) is 9.05. The SMILES string of the molecule is CN1CC(c2c3nc(c(-c4cnn(C)c4)c4ccc([nH]4)c(-c4cnn(C)c4)c4nc(c(-c5cnn(C)c5)c5ccc2[nH]5)C=C4)C=C3)C=N1. The van der Waals surface area contributed by atoms with Crippen molar-refractivity contribution < 1.29 is 0 Å². The quantitative estimate of drug-likeness (QED) is 0.250. The van der Waals surface area contributed by atoms with E-state index in [0.29, 0.717) is 0 Å². The summed E-state index contributed by atoms with van der Waals surface area (Å²) in [6, 6.07) is 8.48. The van der Waals surface area contributed by atoms with Crippen molar-refractivity contribution in [3.63, 3.8) is 0 Å². The number of fused-ring (bicyclic) bond motifs is 8. The molecule has 6 aromatic rings. The highest BCUT2D eigenvalue weighted by molar-refractivity contribution is 5.97. The van der Waals surface area contributed by atoms with Gasteiger partial charge >= 0.3 is 0 Å². The summed E-state index contributed by atoms with van der Waals surface area (Å²) in [5, 5.41) is 20.1. The van der Waals surface area contributed by atoms with E-state index >= 15 is 0 Å². The molecule has 6 aromatic heterocycles. The number of likely N-dealkylation sites (N-methyl/N-ethyl adjacent to an activating group) is 1. The van der Waals surface area contributed by atoms with Crippen molar-refractivity contribution in [2.45, 2.75) is 5.92 Å². The van der Waals surface area contributed by atoms with E-state index < -0.39 is 0 Å². The lowest BCUT2D eigenvalue weighted by Gasteiger charge is -2.11. The Kier molecular flexibility index (Phi) is 6.19. The lowest BCUT2D eigenvalue weighted by molar-refractivity contribution is 0.381. The van der Waals surface area contributed by atoms with Crippen molar-refractivity contribution in [3.8, 4) is 33.4 Å². The first-order valence-electron chi connectivity index (χ1n) is 15.8. The van der Waals surface area contributed by atoms with Crippen molar-refractivity contribution >= 4 is 52.6 Å². The van der Waals surface area contributed by atoms with Gasteiger partial charge in [0, 0.05) is 126 Å². The Labute approximate surface area is 275 Å². The molecular formula is C36H32N12. The Morgan fingerprint density at radius 2 is 0.979 bits per heavy atom. The molecule has 12 heteroatoms. The molecule has 48 heavy (non-hydrogen) atoms. The molecule has 0 amide bonds. The lowest BCUT2D eigenvalue weighted by Crippen LogP contribution is -2.13. The topological polar surface area (TPSA) is 126 Å². The second-order valence-corrected chi connectivity index (χ2v) is 12.5. The van der Waals surface area contributed by atoms with Crippen LogP contribution in [0.4, 0.5) is 0 Å². The van der Waals surface area contributed by atoms with E-state index in [1.807, 2.05) is 90.6 Å². The van der Waals surface area contributed by atoms with E-state index in [1.54, 1.807) is 0 Å². The van der Waals surface area contributed by atoms with Gasteiger partial charge in [-0.15, -0.1) is 0 Å². The van der Waals surface area contributed by atoms with Crippen molar-refractivity contribution in [3.05, 3.63) is 89.8 Å². The predicted molar refractivity (Wildman–Crippen MR) is 189 cm³/mol. The zero-order valence-corrected chi connectivity index (χ0v) is 26.9. The molecule has 0 radical (unpaired) electrons. The zero-order chi connectivity index (χ0) is 32.5. The lowest BCUT2D eigenvalue weighted by atomic mass is 9.99. The molecule has 8 bridgehead atoms. The van der Waals surface area contributed by atoms with Crippen LogP contribution in [0, 0.1) is 0 Å². The van der Waals surface area contributed by atoms with E-state index in [-0.39, 0.29) is 5.92 Å². The molecule has 236 valence electrons. The summed E-state index contributed by atoms with van der Waals surface area (Å²) in [5.74, 6) is 0.0456. The monoisotopic (exact) mass is 632 g/mol. The van der Waals surface area contributed by atoms with E-state index in [4.69, 9.17) is 9.97 Å². The third kappa shape index (κ3) is 4.60. The van der Waals surface area contributed by atoms with E-state index in [1.165, 1.54) is 0 Å². The number of hydrogen-bond donors (Lipinski definition) is 2. The Hall–Kier alpha value is -6.30. The maximum Gasteiger partial charge on any atom is 0.0738 e. The molecule has 0 saturated carbocycles. The van der Waals surface area contributed by atoms with Crippen LogP contribution in [0.25, 0.3) is 79.8 Å². The summed E-state index contributed by atoms with van der Waals surface area (Å²) in [4.78, 5) is 18.1. The van der Waals surface area contributed by atoms with Crippen LogP contribution in [0.1, 0.15) is 34.3 Å². The molecule has 12 nitrogen and oxygen atoms in total. The minimum absolute atomic E-state index is 0.0456. The van der Waals surface area contributed by atoms with Crippen molar-refractivity contribution in [2.75, 3.05) is 13.6 Å². The maximum atomic E-state index is 5.31. The fourth-order valence-electron chi connectivity index (χ4n) is 6.92. The van der Waals surface area contributed by atoms with Crippen molar-refractivity contribution in [2.24, 2.45) is 26.2 Å². The molecule has 2 N–H and O–H groups in total. The summed E-state index contributed by atoms with van der Waals surface area (Å²) in [5.41, 5.74) is 14.0. The van der Waals surface area contributed by atoms with Gasteiger partial charge in [0.1, 0.15) is 0 Å². The summed E-state index contributed by atoms with van der Waals surface area (Å²) < 4.78 is 5.44. The van der Waals surface area contributed by atoms with E-state index in [0.717, 1.165) is 90.3 Å². The fourth-order valence-corrected chi connectivity index (χ4v) is 6.92. The number of hydrogen-bond acceptors (Lipinski definition) is 7. The molecule has 3 aliphatic rings. The number of aromatic amines is 2. The minimum Gasteiger partial charge on any atom is -0.355 e. The Bertz CT molecular complexity index is 2470. The van der Waals surface area contributed by atoms with Gasteiger partial charge in [0.15, 0.2) is 0 Å².